The number of urea groups is 1. The van der Waals surface area contributed by atoms with Gasteiger partial charge >= 0.3 is 12.0 Å². The van der Waals surface area contributed by atoms with Crippen molar-refractivity contribution in [3.8, 4) is 0 Å². The first kappa shape index (κ1) is 16.8. The van der Waals surface area contributed by atoms with E-state index in [-0.39, 0.29) is 18.1 Å². The largest absolute Gasteiger partial charge is 0.481 e. The highest BCUT2D eigenvalue weighted by molar-refractivity contribution is 5.77. The summed E-state index contributed by atoms with van der Waals surface area (Å²) in [6, 6.07) is -0.368. The molecule has 0 saturated heterocycles. The van der Waals surface area contributed by atoms with E-state index in [0.29, 0.717) is 12.3 Å². The summed E-state index contributed by atoms with van der Waals surface area (Å²) in [5, 5.41) is 14.9. The molecule has 1 saturated carbocycles. The van der Waals surface area contributed by atoms with E-state index in [1.165, 1.54) is 0 Å². The van der Waals surface area contributed by atoms with Crippen molar-refractivity contribution >= 4 is 12.0 Å². The van der Waals surface area contributed by atoms with Gasteiger partial charge in [-0.1, -0.05) is 33.1 Å². The third-order valence-electron chi connectivity index (χ3n) is 4.23. The zero-order valence-electron chi connectivity index (χ0n) is 12.8. The summed E-state index contributed by atoms with van der Waals surface area (Å²) in [6.45, 7) is 6.29. The zero-order chi connectivity index (χ0) is 15.1. The Hall–Kier alpha value is -1.26. The fourth-order valence-electron chi connectivity index (χ4n) is 2.86. The third kappa shape index (κ3) is 5.39. The van der Waals surface area contributed by atoms with Crippen molar-refractivity contribution < 1.29 is 14.7 Å². The summed E-state index contributed by atoms with van der Waals surface area (Å²) in [7, 11) is 0. The summed E-state index contributed by atoms with van der Waals surface area (Å²) in [4.78, 5) is 23.1. The van der Waals surface area contributed by atoms with Crippen LogP contribution in [-0.4, -0.2) is 29.2 Å². The Morgan fingerprint density at radius 1 is 1.25 bits per heavy atom. The first-order valence-electron chi connectivity index (χ1n) is 7.73. The van der Waals surface area contributed by atoms with E-state index in [4.69, 9.17) is 0 Å². The molecule has 0 radical (unpaired) electrons. The molecule has 4 atom stereocenters. The molecule has 0 aromatic carbocycles. The van der Waals surface area contributed by atoms with Crippen LogP contribution in [0.5, 0.6) is 0 Å². The van der Waals surface area contributed by atoms with Crippen LogP contribution < -0.4 is 10.6 Å². The topological polar surface area (TPSA) is 78.4 Å². The predicted molar refractivity (Wildman–Crippen MR) is 78.6 cm³/mol. The van der Waals surface area contributed by atoms with E-state index < -0.39 is 11.9 Å². The number of carbonyl (C=O) groups excluding carboxylic acids is 1. The fourth-order valence-corrected chi connectivity index (χ4v) is 2.86. The first-order chi connectivity index (χ1) is 9.43. The molecule has 0 aromatic rings. The van der Waals surface area contributed by atoms with Crippen molar-refractivity contribution in [2.75, 3.05) is 0 Å². The molecule has 1 rings (SSSR count). The van der Waals surface area contributed by atoms with Gasteiger partial charge in [0.25, 0.3) is 0 Å². The molecule has 0 aliphatic heterocycles. The lowest BCUT2D eigenvalue weighted by atomic mass is 9.84. The van der Waals surface area contributed by atoms with Crippen molar-refractivity contribution in [1.29, 1.82) is 0 Å². The molecule has 4 unspecified atom stereocenters. The van der Waals surface area contributed by atoms with Crippen molar-refractivity contribution in [3.05, 3.63) is 0 Å². The van der Waals surface area contributed by atoms with Gasteiger partial charge in [0.05, 0.1) is 5.92 Å². The van der Waals surface area contributed by atoms with Crippen molar-refractivity contribution in [2.45, 2.75) is 71.4 Å². The van der Waals surface area contributed by atoms with Crippen LogP contribution in [0.15, 0.2) is 0 Å². The number of carboxylic acid groups (broad SMARTS) is 1. The number of hydrogen-bond acceptors (Lipinski definition) is 2. The van der Waals surface area contributed by atoms with Crippen LogP contribution >= 0.6 is 0 Å². The second-order valence-corrected chi connectivity index (χ2v) is 6.10. The number of aliphatic carboxylic acids is 1. The maximum atomic E-state index is 11.9. The Morgan fingerprint density at radius 2 is 1.90 bits per heavy atom. The van der Waals surface area contributed by atoms with Crippen molar-refractivity contribution in [2.24, 2.45) is 11.8 Å². The second kappa shape index (κ2) is 8.12. The minimum atomic E-state index is -0.803. The number of hydrogen-bond donors (Lipinski definition) is 3. The van der Waals surface area contributed by atoms with Gasteiger partial charge in [-0.3, -0.25) is 4.79 Å². The standard InChI is InChI=1S/C15H28N2O3/c1-4-10(2)9-11(3)16-15(20)17-13-8-6-5-7-12(13)14(18)19/h10-13H,4-9H2,1-3H3,(H,18,19)(H2,16,17,20). The molecule has 0 aromatic heterocycles. The molecule has 5 heteroatoms. The highest BCUT2D eigenvalue weighted by Gasteiger charge is 2.31. The zero-order valence-corrected chi connectivity index (χ0v) is 12.8. The van der Waals surface area contributed by atoms with Crippen LogP contribution in [-0.2, 0) is 4.79 Å². The third-order valence-corrected chi connectivity index (χ3v) is 4.23. The van der Waals surface area contributed by atoms with Gasteiger partial charge in [0.2, 0.25) is 0 Å². The van der Waals surface area contributed by atoms with E-state index in [9.17, 15) is 14.7 Å². The van der Waals surface area contributed by atoms with Gasteiger partial charge in [-0.05, 0) is 32.1 Å². The van der Waals surface area contributed by atoms with Crippen LogP contribution in [0.3, 0.4) is 0 Å². The molecule has 0 spiro atoms. The molecule has 0 heterocycles. The normalized spacial score (nSPS) is 25.6. The van der Waals surface area contributed by atoms with Gasteiger partial charge < -0.3 is 15.7 Å². The lowest BCUT2D eigenvalue weighted by Crippen LogP contribution is -2.50. The molecule has 116 valence electrons. The lowest BCUT2D eigenvalue weighted by Gasteiger charge is -2.30. The number of carbonyl (C=O) groups is 2. The molecule has 1 aliphatic carbocycles. The minimum absolute atomic E-state index is 0.108. The lowest BCUT2D eigenvalue weighted by molar-refractivity contribution is -0.143. The SMILES string of the molecule is CCC(C)CC(C)NC(=O)NC1CCCCC1C(=O)O. The Morgan fingerprint density at radius 3 is 2.50 bits per heavy atom. The first-order valence-corrected chi connectivity index (χ1v) is 7.73. The van der Waals surface area contributed by atoms with E-state index in [1.54, 1.807) is 0 Å². The molecule has 2 amide bonds. The van der Waals surface area contributed by atoms with Crippen LogP contribution in [0.1, 0.15) is 59.3 Å². The monoisotopic (exact) mass is 284 g/mol. The molecular formula is C15H28N2O3. The van der Waals surface area contributed by atoms with Gasteiger partial charge in [-0.2, -0.15) is 0 Å². The molecule has 1 fully saturated rings. The van der Waals surface area contributed by atoms with Crippen LogP contribution in [0.4, 0.5) is 4.79 Å². The number of amides is 2. The average molecular weight is 284 g/mol. The average Bonchev–Trinajstić information content (AvgIpc) is 2.38. The summed E-state index contributed by atoms with van der Waals surface area (Å²) in [6.07, 6.45) is 5.36. The summed E-state index contributed by atoms with van der Waals surface area (Å²) in [5.41, 5.74) is 0. The molecule has 1 aliphatic rings. The van der Waals surface area contributed by atoms with Gasteiger partial charge in [0, 0.05) is 12.1 Å². The number of carboxylic acids is 1. The van der Waals surface area contributed by atoms with E-state index in [0.717, 1.165) is 32.1 Å². The molecule has 0 bridgehead atoms. The Kier molecular flexibility index (Phi) is 6.82. The summed E-state index contributed by atoms with van der Waals surface area (Å²) < 4.78 is 0. The van der Waals surface area contributed by atoms with Crippen molar-refractivity contribution in [3.63, 3.8) is 0 Å². The van der Waals surface area contributed by atoms with Crippen LogP contribution in [0.2, 0.25) is 0 Å². The Labute approximate surface area is 121 Å². The van der Waals surface area contributed by atoms with Crippen LogP contribution in [0, 0.1) is 11.8 Å². The maximum absolute atomic E-state index is 11.9. The van der Waals surface area contributed by atoms with Crippen molar-refractivity contribution in [1.82, 2.24) is 10.6 Å². The molecule has 3 N–H and O–H groups in total. The van der Waals surface area contributed by atoms with Gasteiger partial charge in [-0.15, -0.1) is 0 Å². The van der Waals surface area contributed by atoms with Gasteiger partial charge in [0.1, 0.15) is 0 Å². The molecule has 5 nitrogen and oxygen atoms in total. The predicted octanol–water partition coefficient (Wildman–Crippen LogP) is 2.75. The molecule has 20 heavy (non-hydrogen) atoms. The quantitative estimate of drug-likeness (QED) is 0.701. The van der Waals surface area contributed by atoms with Gasteiger partial charge in [-0.25, -0.2) is 4.79 Å². The highest BCUT2D eigenvalue weighted by Crippen LogP contribution is 2.24. The smallest absolute Gasteiger partial charge is 0.315 e. The summed E-state index contributed by atoms with van der Waals surface area (Å²) >= 11 is 0. The second-order valence-electron chi connectivity index (χ2n) is 6.10. The van der Waals surface area contributed by atoms with E-state index in [2.05, 4.69) is 24.5 Å². The Balaban J connectivity index is 2.42. The van der Waals surface area contributed by atoms with E-state index in [1.807, 2.05) is 6.92 Å². The number of nitrogens with one attached hydrogen (secondary N) is 2. The Bertz CT molecular complexity index is 333. The highest BCUT2D eigenvalue weighted by atomic mass is 16.4. The minimum Gasteiger partial charge on any atom is -0.481 e. The van der Waals surface area contributed by atoms with Gasteiger partial charge in [0.15, 0.2) is 0 Å². The van der Waals surface area contributed by atoms with E-state index >= 15 is 0 Å². The molecular weight excluding hydrogens is 256 g/mol. The van der Waals surface area contributed by atoms with Crippen LogP contribution in [0.25, 0.3) is 0 Å². The number of rotatable bonds is 6. The maximum Gasteiger partial charge on any atom is 0.315 e. The fraction of sp³-hybridized carbons (Fsp3) is 0.867. The summed E-state index contributed by atoms with van der Waals surface area (Å²) in [5.74, 6) is -0.672.